The van der Waals surface area contributed by atoms with Gasteiger partial charge in [-0.3, -0.25) is 5.32 Å². The molecule has 7 nitrogen and oxygen atoms in total. The van der Waals surface area contributed by atoms with Crippen molar-refractivity contribution in [3.8, 4) is 11.1 Å². The lowest BCUT2D eigenvalue weighted by Gasteiger charge is -2.46. The van der Waals surface area contributed by atoms with E-state index in [-0.39, 0.29) is 12.0 Å². The van der Waals surface area contributed by atoms with E-state index in [1.807, 2.05) is 31.7 Å². The molecule has 0 radical (unpaired) electrons. The Bertz CT molecular complexity index is 1620. The Kier molecular flexibility index (Phi) is 9.98. The van der Waals surface area contributed by atoms with E-state index in [4.69, 9.17) is 9.47 Å². The van der Waals surface area contributed by atoms with E-state index in [2.05, 4.69) is 77.8 Å². The van der Waals surface area contributed by atoms with E-state index in [1.54, 1.807) is 0 Å². The number of carbonyl (C=O) groups is 2. The predicted molar refractivity (Wildman–Crippen MR) is 200 cm³/mol. The number of ether oxygens (including phenoxy) is 2. The first-order valence-electron chi connectivity index (χ1n) is 19.0. The Hall–Kier alpha value is -3.84. The minimum absolute atomic E-state index is 0.0495. The number of fused-ring (bicyclic) bond motifs is 3. The third-order valence-electron chi connectivity index (χ3n) is 12.0. The maximum Gasteiger partial charge on any atom is 0.411 e. The number of hydrogen-bond acceptors (Lipinski definition) is 5. The number of aryl methyl sites for hydroxylation is 1. The van der Waals surface area contributed by atoms with Crippen LogP contribution in [0.1, 0.15) is 106 Å². The summed E-state index contributed by atoms with van der Waals surface area (Å²) in [4.78, 5) is 30.1. The topological polar surface area (TPSA) is 71.1 Å². The number of amides is 2. The standard InChI is InChI=1S/C43H55N3O4/c1-30-27-33(44-40(47)49-29-39-37-11-7-5-9-35(37)36-10-6-8-12-38(36)39)13-14-34(30)32-17-23-45(24-18-32)28-31-15-19-43(20-16-31)21-25-46(26-22-43)41(48)50-42(2,3)4/h5-14,27,31-32,39H,15-26,28-29H2,1-4H3,(H,44,47). The van der Waals surface area contributed by atoms with Crippen LogP contribution in [0.25, 0.3) is 11.1 Å². The van der Waals surface area contributed by atoms with Crippen molar-refractivity contribution in [1.82, 2.24) is 9.80 Å². The number of nitrogens with zero attached hydrogens (tertiary/aromatic N) is 2. The van der Waals surface area contributed by atoms with Crippen LogP contribution in [0.15, 0.2) is 66.7 Å². The molecule has 0 aromatic heterocycles. The summed E-state index contributed by atoms with van der Waals surface area (Å²) in [5.41, 5.74) is 8.30. The molecule has 2 amide bonds. The Balaban J connectivity index is 0.840. The molecular weight excluding hydrogens is 622 g/mol. The first kappa shape index (κ1) is 34.6. The molecule has 4 aliphatic rings. The van der Waals surface area contributed by atoms with Crippen molar-refractivity contribution in [2.24, 2.45) is 11.3 Å². The first-order chi connectivity index (χ1) is 24.1. The van der Waals surface area contributed by atoms with Gasteiger partial charge in [-0.1, -0.05) is 54.6 Å². The van der Waals surface area contributed by atoms with Crippen LogP contribution in [0.5, 0.6) is 0 Å². The normalized spacial score (nSPS) is 20.0. The summed E-state index contributed by atoms with van der Waals surface area (Å²) in [6, 6.07) is 23.2. The van der Waals surface area contributed by atoms with Crippen LogP contribution in [-0.4, -0.2) is 66.9 Å². The largest absolute Gasteiger partial charge is 0.448 e. The molecule has 2 heterocycles. The quantitative estimate of drug-likeness (QED) is 0.281. The summed E-state index contributed by atoms with van der Waals surface area (Å²) in [7, 11) is 0. The highest BCUT2D eigenvalue weighted by Crippen LogP contribution is 2.47. The molecule has 3 fully saturated rings. The minimum atomic E-state index is -0.435. The van der Waals surface area contributed by atoms with Crippen LogP contribution < -0.4 is 5.32 Å². The molecule has 0 unspecified atom stereocenters. The van der Waals surface area contributed by atoms with Gasteiger partial charge >= 0.3 is 12.2 Å². The van der Waals surface area contributed by atoms with Crippen LogP contribution in [0, 0.1) is 18.3 Å². The fraction of sp³-hybridized carbons (Fsp3) is 0.535. The van der Waals surface area contributed by atoms with Crippen LogP contribution in [0.4, 0.5) is 15.3 Å². The molecular formula is C43H55N3O4. The van der Waals surface area contributed by atoms with Gasteiger partial charge in [0.25, 0.3) is 0 Å². The van der Waals surface area contributed by atoms with Crippen LogP contribution in [0.3, 0.4) is 0 Å². The number of rotatable bonds is 6. The molecule has 266 valence electrons. The lowest BCUT2D eigenvalue weighted by molar-refractivity contribution is -0.000225. The smallest absolute Gasteiger partial charge is 0.411 e. The van der Waals surface area contributed by atoms with Gasteiger partial charge in [0.15, 0.2) is 0 Å². The van der Waals surface area contributed by atoms with Gasteiger partial charge in [0.2, 0.25) is 0 Å². The second-order valence-electron chi connectivity index (χ2n) is 16.5. The van der Waals surface area contributed by atoms with Gasteiger partial charge in [0, 0.05) is 31.2 Å². The molecule has 7 heteroatoms. The number of benzene rings is 3. The molecule has 1 spiro atoms. The van der Waals surface area contributed by atoms with Crippen molar-refractivity contribution in [2.75, 3.05) is 44.6 Å². The van der Waals surface area contributed by atoms with Crippen molar-refractivity contribution < 1.29 is 19.1 Å². The molecule has 1 saturated carbocycles. The molecule has 0 atom stereocenters. The molecule has 0 bridgehead atoms. The van der Waals surface area contributed by atoms with Gasteiger partial charge in [-0.25, -0.2) is 9.59 Å². The zero-order valence-corrected chi connectivity index (χ0v) is 30.5. The third-order valence-corrected chi connectivity index (χ3v) is 12.0. The van der Waals surface area contributed by atoms with E-state index in [9.17, 15) is 9.59 Å². The molecule has 3 aromatic carbocycles. The zero-order chi connectivity index (χ0) is 34.9. The number of anilines is 1. The average Bonchev–Trinajstić information content (AvgIpc) is 3.42. The second kappa shape index (κ2) is 14.4. The predicted octanol–water partition coefficient (Wildman–Crippen LogP) is 9.74. The molecule has 2 saturated heterocycles. The fourth-order valence-electron chi connectivity index (χ4n) is 9.22. The summed E-state index contributed by atoms with van der Waals surface area (Å²) in [6.45, 7) is 13.5. The molecule has 2 aliphatic heterocycles. The summed E-state index contributed by atoms with van der Waals surface area (Å²) < 4.78 is 11.4. The van der Waals surface area contributed by atoms with Gasteiger partial charge in [-0.05, 0) is 155 Å². The van der Waals surface area contributed by atoms with Crippen molar-refractivity contribution in [1.29, 1.82) is 0 Å². The highest BCUT2D eigenvalue weighted by Gasteiger charge is 2.40. The number of hydrogen-bond donors (Lipinski definition) is 1. The Morgan fingerprint density at radius 3 is 2.02 bits per heavy atom. The maximum absolute atomic E-state index is 12.9. The minimum Gasteiger partial charge on any atom is -0.448 e. The Labute approximate surface area is 298 Å². The molecule has 2 aliphatic carbocycles. The van der Waals surface area contributed by atoms with Crippen molar-refractivity contribution in [3.05, 3.63) is 89.0 Å². The number of nitrogens with one attached hydrogen (secondary N) is 1. The molecule has 7 rings (SSSR count). The second-order valence-corrected chi connectivity index (χ2v) is 16.5. The molecule has 3 aromatic rings. The lowest BCUT2D eigenvalue weighted by atomic mass is 9.65. The van der Waals surface area contributed by atoms with E-state index in [0.717, 1.165) is 50.6 Å². The number of piperidine rings is 2. The van der Waals surface area contributed by atoms with Gasteiger partial charge in [0.1, 0.15) is 12.2 Å². The van der Waals surface area contributed by atoms with Crippen LogP contribution >= 0.6 is 0 Å². The van der Waals surface area contributed by atoms with E-state index >= 15 is 0 Å². The van der Waals surface area contributed by atoms with E-state index in [1.165, 1.54) is 78.5 Å². The highest BCUT2D eigenvalue weighted by atomic mass is 16.6. The van der Waals surface area contributed by atoms with Crippen molar-refractivity contribution in [2.45, 2.75) is 96.5 Å². The fourth-order valence-corrected chi connectivity index (χ4v) is 9.22. The molecule has 1 N–H and O–H groups in total. The summed E-state index contributed by atoms with van der Waals surface area (Å²) in [5, 5.41) is 2.98. The SMILES string of the molecule is Cc1cc(NC(=O)OCC2c3ccccc3-c3ccccc32)ccc1C1CCN(CC2CCC3(CC2)CCN(C(=O)OC(C)(C)C)CC3)CC1. The van der Waals surface area contributed by atoms with Crippen LogP contribution in [0.2, 0.25) is 0 Å². The Morgan fingerprint density at radius 1 is 0.800 bits per heavy atom. The van der Waals surface area contributed by atoms with Crippen LogP contribution in [-0.2, 0) is 9.47 Å². The molecule has 50 heavy (non-hydrogen) atoms. The summed E-state index contributed by atoms with van der Waals surface area (Å²) in [5.74, 6) is 1.39. The monoisotopic (exact) mass is 677 g/mol. The Morgan fingerprint density at radius 2 is 1.42 bits per heavy atom. The van der Waals surface area contributed by atoms with Gasteiger partial charge < -0.3 is 19.3 Å². The lowest BCUT2D eigenvalue weighted by Crippen LogP contribution is -2.46. The number of carbonyl (C=O) groups excluding carboxylic acids is 2. The maximum atomic E-state index is 12.9. The van der Waals surface area contributed by atoms with Gasteiger partial charge in [0.05, 0.1) is 0 Å². The van der Waals surface area contributed by atoms with E-state index < -0.39 is 11.7 Å². The summed E-state index contributed by atoms with van der Waals surface area (Å²) >= 11 is 0. The average molecular weight is 678 g/mol. The summed E-state index contributed by atoms with van der Waals surface area (Å²) in [6.07, 6.45) is 9.24. The van der Waals surface area contributed by atoms with Gasteiger partial charge in [-0.2, -0.15) is 0 Å². The van der Waals surface area contributed by atoms with Crippen molar-refractivity contribution in [3.63, 3.8) is 0 Å². The van der Waals surface area contributed by atoms with Crippen molar-refractivity contribution >= 4 is 17.9 Å². The zero-order valence-electron chi connectivity index (χ0n) is 30.5. The highest BCUT2D eigenvalue weighted by molar-refractivity contribution is 5.85. The number of likely N-dealkylation sites (tertiary alicyclic amines) is 2. The van der Waals surface area contributed by atoms with Gasteiger partial charge in [-0.15, -0.1) is 0 Å². The third kappa shape index (κ3) is 7.73. The van der Waals surface area contributed by atoms with E-state index in [0.29, 0.717) is 17.9 Å². The first-order valence-corrected chi connectivity index (χ1v) is 19.0.